The van der Waals surface area contributed by atoms with E-state index in [4.69, 9.17) is 10.5 Å². The molecule has 0 radical (unpaired) electrons. The van der Waals surface area contributed by atoms with E-state index in [1.54, 1.807) is 26.4 Å². The summed E-state index contributed by atoms with van der Waals surface area (Å²) in [6.07, 6.45) is 3.44. The van der Waals surface area contributed by atoms with E-state index in [1.807, 2.05) is 0 Å². The summed E-state index contributed by atoms with van der Waals surface area (Å²) in [7, 11) is 1.68. The van der Waals surface area contributed by atoms with E-state index >= 15 is 4.39 Å². The van der Waals surface area contributed by atoms with Crippen LogP contribution in [0.1, 0.15) is 17.1 Å². The Morgan fingerprint density at radius 2 is 1.84 bits per heavy atom. The number of halogens is 2. The van der Waals surface area contributed by atoms with Crippen molar-refractivity contribution in [3.63, 3.8) is 0 Å². The van der Waals surface area contributed by atoms with E-state index in [9.17, 15) is 4.39 Å². The third kappa shape index (κ3) is 2.82. The van der Waals surface area contributed by atoms with E-state index in [0.29, 0.717) is 71.2 Å². The highest BCUT2D eigenvalue weighted by Crippen LogP contribution is 2.51. The molecule has 0 spiro atoms. The summed E-state index contributed by atoms with van der Waals surface area (Å²) in [5.74, 6) is 0.551. The molecule has 8 nitrogen and oxygen atoms in total. The van der Waals surface area contributed by atoms with Gasteiger partial charge in [0.2, 0.25) is 0 Å². The number of anilines is 2. The molecule has 1 saturated heterocycles. The van der Waals surface area contributed by atoms with Crippen molar-refractivity contribution in [1.82, 2.24) is 19.9 Å². The van der Waals surface area contributed by atoms with Crippen molar-refractivity contribution in [2.45, 2.75) is 19.4 Å². The molecule has 1 unspecified atom stereocenters. The topological polar surface area (TPSA) is 102 Å². The molecule has 2 aromatic heterocycles. The number of nitrogens with two attached hydrogens (primary N) is 1. The van der Waals surface area contributed by atoms with Gasteiger partial charge in [-0.05, 0) is 24.3 Å². The molecule has 3 atom stereocenters. The minimum Gasteiger partial charge on any atom is -0.421 e. The Morgan fingerprint density at radius 1 is 1.12 bits per heavy atom. The second kappa shape index (κ2) is 6.80. The highest BCUT2D eigenvalue weighted by atomic mass is 19.2. The SMILES string of the molecule is CNc1cc(F)c(F)c2c1Cc1nc(Oc3cnc(C)nc3)nc(N3C[C@@H]4C(N)[C@@H]4C3)c1-2. The molecule has 3 aliphatic rings. The molecule has 32 heavy (non-hydrogen) atoms. The van der Waals surface area contributed by atoms with Crippen molar-refractivity contribution in [2.24, 2.45) is 17.6 Å². The maximum Gasteiger partial charge on any atom is 0.324 e. The number of rotatable bonds is 4. The van der Waals surface area contributed by atoms with Crippen molar-refractivity contribution in [1.29, 1.82) is 0 Å². The van der Waals surface area contributed by atoms with Crippen LogP contribution >= 0.6 is 0 Å². The van der Waals surface area contributed by atoms with Crippen molar-refractivity contribution in [3.05, 3.63) is 47.2 Å². The number of nitrogens with zero attached hydrogens (tertiary/aromatic N) is 5. The van der Waals surface area contributed by atoms with Crippen LogP contribution in [0.4, 0.5) is 20.3 Å². The predicted molar refractivity (Wildman–Crippen MR) is 114 cm³/mol. The van der Waals surface area contributed by atoms with Gasteiger partial charge in [-0.25, -0.2) is 18.7 Å². The average molecular weight is 437 g/mol. The van der Waals surface area contributed by atoms with E-state index in [-0.39, 0.29) is 17.6 Å². The number of aryl methyl sites for hydroxylation is 1. The van der Waals surface area contributed by atoms with Crippen molar-refractivity contribution < 1.29 is 13.5 Å². The molecule has 164 valence electrons. The second-order valence-corrected chi connectivity index (χ2v) is 8.53. The fourth-order valence-corrected chi connectivity index (χ4v) is 4.91. The first-order chi connectivity index (χ1) is 15.4. The largest absolute Gasteiger partial charge is 0.421 e. The van der Waals surface area contributed by atoms with Crippen LogP contribution < -0.4 is 20.7 Å². The lowest BCUT2D eigenvalue weighted by Gasteiger charge is -2.23. The Morgan fingerprint density at radius 3 is 2.53 bits per heavy atom. The molecule has 0 bridgehead atoms. The summed E-state index contributed by atoms with van der Waals surface area (Å²) in [6, 6.07) is 1.49. The first-order valence-corrected chi connectivity index (χ1v) is 10.5. The Labute approximate surface area is 182 Å². The maximum atomic E-state index is 15.1. The minimum atomic E-state index is -0.907. The molecule has 2 fully saturated rings. The molecular weight excluding hydrogens is 416 g/mol. The standard InChI is InChI=1S/C22H21F2N7O/c1-9-27-5-10(6-28-9)32-22-29-16-3-11-15(26-2)4-14(23)19(24)17(11)18(16)21(30-22)31-7-12-13(8-31)20(12)25/h4-6,12-13,20,26H,3,7-8,25H2,1-2H3/t12-,13+,20?. The Kier molecular flexibility index (Phi) is 4.10. The molecule has 1 aliphatic heterocycles. The summed E-state index contributed by atoms with van der Waals surface area (Å²) < 4.78 is 35.3. The minimum absolute atomic E-state index is 0.121. The average Bonchev–Trinajstić information content (AvgIpc) is 3.15. The number of piperidine rings is 1. The van der Waals surface area contributed by atoms with E-state index in [0.717, 1.165) is 0 Å². The normalized spacial score (nSPS) is 22.4. The first kappa shape index (κ1) is 19.3. The van der Waals surface area contributed by atoms with Gasteiger partial charge in [-0.2, -0.15) is 9.97 Å². The molecular formula is C22H21F2N7O. The third-order valence-electron chi connectivity index (χ3n) is 6.66. The zero-order chi connectivity index (χ0) is 22.1. The van der Waals surface area contributed by atoms with Gasteiger partial charge in [-0.1, -0.05) is 0 Å². The van der Waals surface area contributed by atoms with Crippen LogP contribution in [0.15, 0.2) is 18.5 Å². The highest BCUT2D eigenvalue weighted by molar-refractivity contribution is 5.88. The zero-order valence-corrected chi connectivity index (χ0v) is 17.6. The summed E-state index contributed by atoms with van der Waals surface area (Å²) in [5, 5.41) is 2.97. The van der Waals surface area contributed by atoms with Gasteiger partial charge in [-0.15, -0.1) is 0 Å². The van der Waals surface area contributed by atoms with Crippen molar-refractivity contribution in [2.75, 3.05) is 30.4 Å². The summed E-state index contributed by atoms with van der Waals surface area (Å²) in [5.41, 5.74) is 8.64. The molecule has 1 aromatic carbocycles. The van der Waals surface area contributed by atoms with E-state index in [1.165, 1.54) is 6.07 Å². The Bertz CT molecular complexity index is 1240. The van der Waals surface area contributed by atoms with Gasteiger partial charge < -0.3 is 20.7 Å². The van der Waals surface area contributed by atoms with Crippen LogP contribution in [0.3, 0.4) is 0 Å². The van der Waals surface area contributed by atoms with Crippen LogP contribution in [-0.2, 0) is 6.42 Å². The number of benzene rings is 1. The summed E-state index contributed by atoms with van der Waals surface area (Å²) in [4.78, 5) is 19.5. The van der Waals surface area contributed by atoms with E-state index in [2.05, 4.69) is 30.2 Å². The number of hydrogen-bond donors (Lipinski definition) is 2. The quantitative estimate of drug-likeness (QED) is 0.503. The van der Waals surface area contributed by atoms with Crippen LogP contribution in [0, 0.1) is 30.4 Å². The lowest BCUT2D eigenvalue weighted by atomic mass is 10.0. The number of fused-ring (bicyclic) bond motifs is 4. The number of ether oxygens (including phenoxy) is 1. The Hall–Kier alpha value is -3.40. The third-order valence-corrected chi connectivity index (χ3v) is 6.66. The molecule has 10 heteroatoms. The lowest BCUT2D eigenvalue weighted by molar-refractivity contribution is 0.435. The van der Waals surface area contributed by atoms with E-state index < -0.39 is 11.6 Å². The maximum absolute atomic E-state index is 15.1. The molecule has 3 N–H and O–H groups in total. The van der Waals surface area contributed by atoms with Crippen molar-refractivity contribution >= 4 is 11.5 Å². The lowest BCUT2D eigenvalue weighted by Crippen LogP contribution is -2.29. The van der Waals surface area contributed by atoms with Crippen LogP contribution in [0.5, 0.6) is 11.8 Å². The molecule has 3 aromatic rings. The van der Waals surface area contributed by atoms with Gasteiger partial charge in [-0.3, -0.25) is 0 Å². The van der Waals surface area contributed by atoms with Crippen LogP contribution in [0.25, 0.3) is 11.1 Å². The smallest absolute Gasteiger partial charge is 0.324 e. The number of nitrogens with one attached hydrogen (secondary N) is 1. The monoisotopic (exact) mass is 437 g/mol. The van der Waals surface area contributed by atoms with Gasteiger partial charge in [0.05, 0.1) is 18.1 Å². The van der Waals surface area contributed by atoms with Gasteiger partial charge in [0, 0.05) is 55.5 Å². The van der Waals surface area contributed by atoms with Gasteiger partial charge in [0.15, 0.2) is 17.4 Å². The molecule has 2 aliphatic carbocycles. The number of aromatic nitrogens is 4. The van der Waals surface area contributed by atoms with Gasteiger partial charge in [0.1, 0.15) is 11.6 Å². The summed E-state index contributed by atoms with van der Waals surface area (Å²) >= 11 is 0. The first-order valence-electron chi connectivity index (χ1n) is 10.5. The van der Waals surface area contributed by atoms with Gasteiger partial charge >= 0.3 is 6.01 Å². The van der Waals surface area contributed by atoms with Crippen molar-refractivity contribution in [3.8, 4) is 22.9 Å². The van der Waals surface area contributed by atoms with Gasteiger partial charge in [0.25, 0.3) is 0 Å². The molecule has 0 amide bonds. The molecule has 6 rings (SSSR count). The van der Waals surface area contributed by atoms with Crippen LogP contribution in [0.2, 0.25) is 0 Å². The Balaban J connectivity index is 1.48. The highest BCUT2D eigenvalue weighted by Gasteiger charge is 2.54. The summed E-state index contributed by atoms with van der Waals surface area (Å²) in [6.45, 7) is 3.21. The molecule has 3 heterocycles. The van der Waals surface area contributed by atoms with Crippen LogP contribution in [-0.4, -0.2) is 46.1 Å². The zero-order valence-electron chi connectivity index (χ0n) is 17.6. The predicted octanol–water partition coefficient (Wildman–Crippen LogP) is 2.65. The number of hydrogen-bond acceptors (Lipinski definition) is 8. The fourth-order valence-electron chi connectivity index (χ4n) is 4.91. The second-order valence-electron chi connectivity index (χ2n) is 8.53. The molecule has 1 saturated carbocycles. The fraction of sp³-hybridized carbons (Fsp3) is 0.364.